The monoisotopic (exact) mass is 556 g/mol. The van der Waals surface area contributed by atoms with E-state index in [1.54, 1.807) is 7.05 Å². The first kappa shape index (κ1) is 32.3. The number of carbonyl (C=O) groups is 2. The Kier molecular flexibility index (Phi) is 12.2. The van der Waals surface area contributed by atoms with Crippen molar-refractivity contribution in [3.8, 4) is 0 Å². The van der Waals surface area contributed by atoms with Crippen LogP contribution < -0.4 is 5.32 Å². The van der Waals surface area contributed by atoms with E-state index >= 15 is 0 Å². The molecule has 0 bridgehead atoms. The zero-order valence-electron chi connectivity index (χ0n) is 26.3. The molecule has 0 aromatic rings. The van der Waals surface area contributed by atoms with Crippen molar-refractivity contribution >= 4 is 11.8 Å². The summed E-state index contributed by atoms with van der Waals surface area (Å²) in [6.07, 6.45) is 11.7. The van der Waals surface area contributed by atoms with Gasteiger partial charge in [0, 0.05) is 70.4 Å². The van der Waals surface area contributed by atoms with Gasteiger partial charge in [0.1, 0.15) is 6.04 Å². The average Bonchev–Trinajstić information content (AvgIpc) is 3.40. The minimum atomic E-state index is -0.302. The molecule has 2 aliphatic heterocycles. The molecule has 0 aromatic heterocycles. The molecule has 2 atom stereocenters. The lowest BCUT2D eigenvalue weighted by Gasteiger charge is -2.38. The van der Waals surface area contributed by atoms with Gasteiger partial charge in [0.25, 0.3) is 0 Å². The van der Waals surface area contributed by atoms with Gasteiger partial charge in [-0.05, 0) is 56.8 Å². The molecule has 40 heavy (non-hydrogen) atoms. The molecule has 4 aliphatic rings. The number of allylic oxidation sites excluding steroid dienone is 3. The number of nitrogens with one attached hydrogen (secondary N) is 1. The predicted octanol–water partition coefficient (Wildman–Crippen LogP) is 5.48. The highest BCUT2D eigenvalue weighted by atomic mass is 16.2. The second-order valence-corrected chi connectivity index (χ2v) is 13.2. The Labute approximate surface area is 243 Å². The van der Waals surface area contributed by atoms with Gasteiger partial charge in [-0.3, -0.25) is 14.5 Å². The minimum absolute atomic E-state index is 0.0141. The Bertz CT molecular complexity index is 905. The molecule has 2 saturated carbocycles. The molecule has 1 N–H and O–H groups in total. The van der Waals surface area contributed by atoms with Crippen LogP contribution in [0.5, 0.6) is 0 Å². The van der Waals surface area contributed by atoms with Crippen LogP contribution in [-0.4, -0.2) is 85.4 Å². The van der Waals surface area contributed by atoms with E-state index in [1.807, 2.05) is 24.8 Å². The maximum Gasteiger partial charge on any atom is 0.242 e. The maximum absolute atomic E-state index is 12.9. The smallest absolute Gasteiger partial charge is 0.242 e. The number of hydrogen-bond acceptors (Lipinski definition) is 6. The molecule has 4 fully saturated rings. The molecule has 4 rings (SSSR count). The van der Waals surface area contributed by atoms with Crippen molar-refractivity contribution in [3.63, 3.8) is 0 Å². The summed E-state index contributed by atoms with van der Waals surface area (Å²) in [5, 5.41) is 10.8. The van der Waals surface area contributed by atoms with Gasteiger partial charge in [0.2, 0.25) is 11.8 Å². The van der Waals surface area contributed by atoms with E-state index < -0.39 is 0 Å². The lowest BCUT2D eigenvalue weighted by atomic mass is 9.81. The van der Waals surface area contributed by atoms with Gasteiger partial charge in [-0.2, -0.15) is 10.2 Å². The Hall–Kier alpha value is -2.22. The Morgan fingerprint density at radius 3 is 2.17 bits per heavy atom. The molecule has 8 nitrogen and oxygen atoms in total. The number of piperazine rings is 1. The maximum atomic E-state index is 12.9. The Morgan fingerprint density at radius 1 is 0.975 bits per heavy atom. The lowest BCUT2D eigenvalue weighted by Crippen LogP contribution is -2.51. The van der Waals surface area contributed by atoms with E-state index in [0.29, 0.717) is 19.0 Å². The van der Waals surface area contributed by atoms with Crippen LogP contribution in [0.25, 0.3) is 0 Å². The summed E-state index contributed by atoms with van der Waals surface area (Å²) in [4.78, 5) is 32.5. The fourth-order valence-electron chi connectivity index (χ4n) is 6.02. The summed E-state index contributed by atoms with van der Waals surface area (Å²) in [7, 11) is 1.71. The van der Waals surface area contributed by atoms with Crippen molar-refractivity contribution in [2.45, 2.75) is 92.0 Å². The van der Waals surface area contributed by atoms with Crippen molar-refractivity contribution in [1.29, 1.82) is 0 Å². The summed E-state index contributed by atoms with van der Waals surface area (Å²) in [5.74, 6) is 1.47. The molecular formula is C32H56N6O2. The van der Waals surface area contributed by atoms with Crippen molar-refractivity contribution in [3.05, 3.63) is 24.0 Å². The molecule has 2 aliphatic carbocycles. The topological polar surface area (TPSA) is 80.6 Å². The van der Waals surface area contributed by atoms with E-state index in [9.17, 15) is 9.59 Å². The van der Waals surface area contributed by atoms with E-state index in [1.165, 1.54) is 44.2 Å². The van der Waals surface area contributed by atoms with Crippen LogP contribution in [0.3, 0.4) is 0 Å². The fourth-order valence-corrected chi connectivity index (χ4v) is 6.02. The van der Waals surface area contributed by atoms with E-state index in [4.69, 9.17) is 0 Å². The molecular weight excluding hydrogens is 500 g/mol. The van der Waals surface area contributed by atoms with Crippen LogP contribution in [0.15, 0.2) is 34.3 Å². The molecule has 226 valence electrons. The molecule has 1 unspecified atom stereocenters. The average molecular weight is 557 g/mol. The SMILES string of the molecule is C/C=C(\N=NC)C1CC1.C=C(C1CCCC1)N1CCN(CCNC(=O)[C@@H]2CCCN2C(=O)C(C)C(C)(C)C)CC1. The molecule has 0 radical (unpaired) electrons. The van der Waals surface area contributed by atoms with Gasteiger partial charge in [-0.15, -0.1) is 0 Å². The van der Waals surface area contributed by atoms with Gasteiger partial charge in [-0.25, -0.2) is 0 Å². The molecule has 8 heteroatoms. The van der Waals surface area contributed by atoms with Crippen LogP contribution in [0.2, 0.25) is 0 Å². The predicted molar refractivity (Wildman–Crippen MR) is 163 cm³/mol. The Morgan fingerprint density at radius 2 is 1.62 bits per heavy atom. The van der Waals surface area contributed by atoms with Crippen molar-refractivity contribution in [2.24, 2.45) is 33.4 Å². The van der Waals surface area contributed by atoms with Crippen LogP contribution in [-0.2, 0) is 9.59 Å². The number of carbonyl (C=O) groups excluding carboxylic acids is 2. The van der Waals surface area contributed by atoms with Gasteiger partial charge < -0.3 is 15.1 Å². The first-order chi connectivity index (χ1) is 19.1. The van der Waals surface area contributed by atoms with E-state index in [-0.39, 0.29) is 29.2 Å². The van der Waals surface area contributed by atoms with Crippen molar-refractivity contribution < 1.29 is 9.59 Å². The van der Waals surface area contributed by atoms with Crippen LogP contribution in [0.1, 0.15) is 86.0 Å². The van der Waals surface area contributed by atoms with Crippen molar-refractivity contribution in [2.75, 3.05) is 52.9 Å². The largest absolute Gasteiger partial charge is 0.373 e. The zero-order valence-corrected chi connectivity index (χ0v) is 26.3. The quantitative estimate of drug-likeness (QED) is 0.382. The Balaban J connectivity index is 0.000000415. The number of azo groups is 1. The van der Waals surface area contributed by atoms with Gasteiger partial charge in [0.05, 0.1) is 5.70 Å². The van der Waals surface area contributed by atoms with E-state index in [0.717, 1.165) is 57.2 Å². The van der Waals surface area contributed by atoms with Crippen LogP contribution in [0.4, 0.5) is 0 Å². The number of likely N-dealkylation sites (tertiary alicyclic amines) is 1. The summed E-state index contributed by atoms with van der Waals surface area (Å²) < 4.78 is 0. The third kappa shape index (κ3) is 9.15. The molecule has 2 saturated heterocycles. The second-order valence-electron chi connectivity index (χ2n) is 13.2. The fraction of sp³-hybridized carbons (Fsp3) is 0.812. The normalized spacial score (nSPS) is 23.8. The number of rotatable bonds is 9. The molecule has 2 heterocycles. The second kappa shape index (κ2) is 15.1. The first-order valence-electron chi connectivity index (χ1n) is 15.8. The number of hydrogen-bond donors (Lipinski definition) is 1. The van der Waals surface area contributed by atoms with E-state index in [2.05, 4.69) is 52.7 Å². The zero-order chi connectivity index (χ0) is 29.3. The summed E-state index contributed by atoms with van der Waals surface area (Å²) >= 11 is 0. The number of nitrogens with zero attached hydrogens (tertiary/aromatic N) is 5. The van der Waals surface area contributed by atoms with Gasteiger partial charge >= 0.3 is 0 Å². The lowest BCUT2D eigenvalue weighted by molar-refractivity contribution is -0.143. The third-order valence-corrected chi connectivity index (χ3v) is 9.35. The van der Waals surface area contributed by atoms with Gasteiger partial charge in [0.15, 0.2) is 0 Å². The van der Waals surface area contributed by atoms with Crippen molar-refractivity contribution in [1.82, 2.24) is 20.0 Å². The summed E-state index contributed by atoms with van der Waals surface area (Å²) in [5.41, 5.74) is 2.42. The standard InChI is InChI=1S/C25H44N4O2.C7H12N2/c1-19(25(3,4)5)24(31)29-13-8-11-22(29)23(30)26-12-14-27-15-17-28(18-16-27)20(2)21-9-6-7-10-21;1-3-7(9-8-2)6-4-5-6/h19,21-22H,2,6-18H2,1,3-5H3,(H,26,30);3,6H,4-5H2,1-2H3/b;7-3-,9-8?/t19?,22-;/m0./s1. The number of amides is 2. The summed E-state index contributed by atoms with van der Waals surface area (Å²) in [6, 6.07) is -0.302. The minimum Gasteiger partial charge on any atom is -0.373 e. The molecule has 0 aromatic carbocycles. The third-order valence-electron chi connectivity index (χ3n) is 9.35. The van der Waals surface area contributed by atoms with Gasteiger partial charge in [-0.1, -0.05) is 53.2 Å². The first-order valence-corrected chi connectivity index (χ1v) is 15.8. The molecule has 0 spiro atoms. The highest BCUT2D eigenvalue weighted by molar-refractivity contribution is 5.89. The highest BCUT2D eigenvalue weighted by Crippen LogP contribution is 2.37. The highest BCUT2D eigenvalue weighted by Gasteiger charge is 2.39. The summed E-state index contributed by atoms with van der Waals surface area (Å²) in [6.45, 7) is 21.0. The van der Waals surface area contributed by atoms with Crippen LogP contribution in [0, 0.1) is 23.2 Å². The molecule has 2 amide bonds. The van der Waals surface area contributed by atoms with Crippen LogP contribution >= 0.6 is 0 Å².